The van der Waals surface area contributed by atoms with Gasteiger partial charge in [0.05, 0.1) is 24.9 Å². The number of anilines is 1. The lowest BCUT2D eigenvalue weighted by atomic mass is 10.1. The van der Waals surface area contributed by atoms with Gasteiger partial charge < -0.3 is 19.5 Å². The summed E-state index contributed by atoms with van der Waals surface area (Å²) in [7, 11) is 3.04. The number of carbonyl (C=O) groups excluding carboxylic acids is 1. The third-order valence-corrected chi connectivity index (χ3v) is 5.04. The van der Waals surface area contributed by atoms with Crippen molar-refractivity contribution >= 4 is 23.2 Å². The van der Waals surface area contributed by atoms with Crippen LogP contribution >= 0.6 is 11.6 Å². The van der Waals surface area contributed by atoms with E-state index in [4.69, 9.17) is 25.8 Å². The van der Waals surface area contributed by atoms with Crippen LogP contribution in [0.1, 0.15) is 30.9 Å². The molecule has 5 nitrogen and oxygen atoms in total. The van der Waals surface area contributed by atoms with Crippen LogP contribution in [0.5, 0.6) is 17.2 Å². The number of hydrogen-bond acceptors (Lipinski definition) is 4. The van der Waals surface area contributed by atoms with Gasteiger partial charge in [-0.25, -0.2) is 0 Å². The van der Waals surface area contributed by atoms with Gasteiger partial charge in [-0.05, 0) is 48.9 Å². The summed E-state index contributed by atoms with van der Waals surface area (Å²) in [5.74, 6) is 1.39. The van der Waals surface area contributed by atoms with E-state index in [-0.39, 0.29) is 5.91 Å². The molecule has 2 aromatic carbocycles. The number of rotatable bonds is 7. The molecule has 1 unspecified atom stereocenters. The zero-order valence-electron chi connectivity index (χ0n) is 15.8. The number of benzene rings is 2. The zero-order valence-corrected chi connectivity index (χ0v) is 16.6. The average Bonchev–Trinajstić information content (AvgIpc) is 3.14. The van der Waals surface area contributed by atoms with Crippen molar-refractivity contribution in [1.82, 2.24) is 0 Å². The third-order valence-electron chi connectivity index (χ3n) is 4.74. The highest BCUT2D eigenvalue weighted by Crippen LogP contribution is 2.36. The maximum Gasteiger partial charge on any atom is 0.265 e. The highest BCUT2D eigenvalue weighted by atomic mass is 35.5. The van der Waals surface area contributed by atoms with E-state index in [1.54, 1.807) is 12.1 Å². The fourth-order valence-electron chi connectivity index (χ4n) is 3.28. The van der Waals surface area contributed by atoms with Crippen LogP contribution in [0.3, 0.4) is 0 Å². The average molecular weight is 390 g/mol. The molecule has 0 aromatic heterocycles. The van der Waals surface area contributed by atoms with Crippen molar-refractivity contribution in [3.8, 4) is 17.2 Å². The number of ether oxygens (including phenoxy) is 3. The minimum absolute atomic E-state index is 0.249. The van der Waals surface area contributed by atoms with Crippen molar-refractivity contribution in [3.05, 3.63) is 46.5 Å². The van der Waals surface area contributed by atoms with Crippen molar-refractivity contribution in [1.29, 1.82) is 0 Å². The summed E-state index contributed by atoms with van der Waals surface area (Å²) < 4.78 is 16.5. The van der Waals surface area contributed by atoms with Crippen LogP contribution in [0.15, 0.2) is 30.3 Å². The second kappa shape index (κ2) is 8.53. The Balaban J connectivity index is 1.75. The molecule has 0 bridgehead atoms. The Morgan fingerprint density at radius 3 is 2.56 bits per heavy atom. The Morgan fingerprint density at radius 2 is 1.85 bits per heavy atom. The molecule has 0 saturated heterocycles. The molecule has 0 fully saturated rings. The molecule has 1 amide bonds. The summed E-state index contributed by atoms with van der Waals surface area (Å²) in [6.07, 6.45) is 3.28. The Hall–Kier alpha value is -2.40. The lowest BCUT2D eigenvalue weighted by Crippen LogP contribution is -2.32. The lowest BCUT2D eigenvalue weighted by molar-refractivity contribution is -0.122. The lowest BCUT2D eigenvalue weighted by Gasteiger charge is -2.19. The van der Waals surface area contributed by atoms with Gasteiger partial charge in [-0.15, -0.1) is 0 Å². The highest BCUT2D eigenvalue weighted by molar-refractivity contribution is 6.32. The molecule has 0 saturated carbocycles. The largest absolute Gasteiger partial charge is 0.495 e. The van der Waals surface area contributed by atoms with Gasteiger partial charge >= 0.3 is 0 Å². The first-order valence-electron chi connectivity index (χ1n) is 9.06. The molecule has 27 heavy (non-hydrogen) atoms. The fraction of sp³-hybridized carbons (Fsp3) is 0.381. The summed E-state index contributed by atoms with van der Waals surface area (Å²) in [5.41, 5.74) is 3.17. The van der Waals surface area contributed by atoms with Crippen LogP contribution in [-0.4, -0.2) is 26.2 Å². The fourth-order valence-corrected chi connectivity index (χ4v) is 3.51. The first-order chi connectivity index (χ1) is 13.0. The van der Waals surface area contributed by atoms with Crippen LogP contribution < -0.4 is 19.5 Å². The Morgan fingerprint density at radius 1 is 1.11 bits per heavy atom. The molecule has 0 radical (unpaired) electrons. The van der Waals surface area contributed by atoms with Crippen LogP contribution in [0.2, 0.25) is 5.02 Å². The molecule has 0 spiro atoms. The van der Waals surface area contributed by atoms with E-state index < -0.39 is 6.10 Å². The van der Waals surface area contributed by atoms with Gasteiger partial charge in [0.2, 0.25) is 0 Å². The predicted octanol–water partition coefficient (Wildman–Crippen LogP) is 4.64. The molecule has 1 aliphatic carbocycles. The van der Waals surface area contributed by atoms with Gasteiger partial charge in [0.1, 0.15) is 17.2 Å². The molecule has 1 N–H and O–H groups in total. The first-order valence-corrected chi connectivity index (χ1v) is 9.44. The number of aryl methyl sites for hydroxylation is 2. The predicted molar refractivity (Wildman–Crippen MR) is 106 cm³/mol. The van der Waals surface area contributed by atoms with Crippen LogP contribution in [-0.2, 0) is 17.6 Å². The number of halogens is 1. The van der Waals surface area contributed by atoms with Crippen molar-refractivity contribution in [2.45, 2.75) is 38.7 Å². The number of methoxy groups -OCH3 is 2. The van der Waals surface area contributed by atoms with Gasteiger partial charge in [-0.1, -0.05) is 24.6 Å². The molecule has 144 valence electrons. The molecule has 1 aliphatic rings. The minimum atomic E-state index is -0.615. The molecule has 2 aromatic rings. The van der Waals surface area contributed by atoms with Crippen molar-refractivity contribution < 1.29 is 19.0 Å². The van der Waals surface area contributed by atoms with E-state index in [0.717, 1.165) is 18.6 Å². The smallest absolute Gasteiger partial charge is 0.265 e. The van der Waals surface area contributed by atoms with Gasteiger partial charge in [0, 0.05) is 12.1 Å². The van der Waals surface area contributed by atoms with Crippen molar-refractivity contribution in [2.75, 3.05) is 19.5 Å². The summed E-state index contributed by atoms with van der Waals surface area (Å²) in [4.78, 5) is 12.8. The van der Waals surface area contributed by atoms with Gasteiger partial charge in [-0.2, -0.15) is 0 Å². The summed E-state index contributed by atoms with van der Waals surface area (Å²) in [6, 6.07) is 9.32. The first kappa shape index (κ1) is 19.4. The molecule has 0 heterocycles. The number of hydrogen-bond donors (Lipinski definition) is 1. The van der Waals surface area contributed by atoms with Crippen molar-refractivity contribution in [2.24, 2.45) is 0 Å². The number of carbonyl (C=O) groups is 1. The topological polar surface area (TPSA) is 56.8 Å². The van der Waals surface area contributed by atoms with E-state index in [0.29, 0.717) is 28.6 Å². The standard InChI is InChI=1S/C21H24ClNO4/c1-4-18(27-15-9-8-13-6-5-7-14(13)10-15)21(24)23-17-12-19(25-2)16(22)11-20(17)26-3/h8-12,18H,4-7H2,1-3H3,(H,23,24). The van der Waals surface area contributed by atoms with Crippen LogP contribution in [0.4, 0.5) is 5.69 Å². The monoisotopic (exact) mass is 389 g/mol. The van der Waals surface area contributed by atoms with Crippen LogP contribution in [0.25, 0.3) is 0 Å². The Labute approximate surface area is 164 Å². The normalized spacial score (nSPS) is 13.6. The maximum atomic E-state index is 12.8. The Kier molecular flexibility index (Phi) is 6.11. The number of amides is 1. The highest BCUT2D eigenvalue weighted by Gasteiger charge is 2.22. The molecule has 6 heteroatoms. The summed E-state index contributed by atoms with van der Waals surface area (Å²) >= 11 is 6.12. The maximum absolute atomic E-state index is 12.8. The van der Waals surface area contributed by atoms with E-state index in [1.807, 2.05) is 19.1 Å². The minimum Gasteiger partial charge on any atom is -0.495 e. The van der Waals surface area contributed by atoms with Gasteiger partial charge in [0.25, 0.3) is 5.91 Å². The zero-order chi connectivity index (χ0) is 19.4. The quantitative estimate of drug-likeness (QED) is 0.749. The van der Waals surface area contributed by atoms with Gasteiger partial charge in [0.15, 0.2) is 6.10 Å². The van der Waals surface area contributed by atoms with E-state index in [1.165, 1.54) is 31.8 Å². The summed E-state index contributed by atoms with van der Waals surface area (Å²) in [5, 5.41) is 3.27. The van der Waals surface area contributed by atoms with Crippen molar-refractivity contribution in [3.63, 3.8) is 0 Å². The number of nitrogens with one attached hydrogen (secondary N) is 1. The Bertz CT molecular complexity index is 837. The van der Waals surface area contributed by atoms with E-state index in [2.05, 4.69) is 11.4 Å². The third kappa shape index (κ3) is 4.30. The molecule has 0 aliphatic heterocycles. The second-order valence-electron chi connectivity index (χ2n) is 6.48. The summed E-state index contributed by atoms with van der Waals surface area (Å²) in [6.45, 7) is 1.91. The van der Waals surface area contributed by atoms with Gasteiger partial charge in [-0.3, -0.25) is 4.79 Å². The second-order valence-corrected chi connectivity index (χ2v) is 6.88. The van der Waals surface area contributed by atoms with E-state index >= 15 is 0 Å². The SMILES string of the molecule is CCC(Oc1ccc2c(c1)CCC2)C(=O)Nc1cc(OC)c(Cl)cc1OC. The molecular formula is C21H24ClNO4. The van der Waals surface area contributed by atoms with E-state index in [9.17, 15) is 4.79 Å². The van der Waals surface area contributed by atoms with Crippen LogP contribution in [0, 0.1) is 0 Å². The number of fused-ring (bicyclic) bond motifs is 1. The molecule has 1 atom stereocenters. The molecule has 3 rings (SSSR count). The molecular weight excluding hydrogens is 366 g/mol.